The van der Waals surface area contributed by atoms with Crippen LogP contribution in [0, 0.1) is 5.82 Å². The van der Waals surface area contributed by atoms with Crippen molar-refractivity contribution in [2.75, 3.05) is 6.54 Å². The molecule has 1 saturated heterocycles. The number of phenols is 1. The number of halogens is 3. The standard InChI is InChI=1S/C25H23ClF2N2O4/c1-14(31)19-12-29(21-10-17(32)6-7-18(19)21)13-24(34)30-11-16(27)9-22(30)23(33)8-5-15-3-2-4-20(26)25(15)28/h2-4,6-7,10,12,16,22,32H,5,8-9,11,13H2,1H3/t16-,22+/m1/s1. The number of ketones is 2. The van der Waals surface area contributed by atoms with Crippen molar-refractivity contribution in [1.82, 2.24) is 9.47 Å². The largest absolute Gasteiger partial charge is 0.508 e. The second kappa shape index (κ2) is 9.54. The third-order valence-electron chi connectivity index (χ3n) is 6.17. The Balaban J connectivity index is 1.52. The average molecular weight is 489 g/mol. The van der Waals surface area contributed by atoms with Gasteiger partial charge in [-0.1, -0.05) is 23.7 Å². The van der Waals surface area contributed by atoms with Crippen LogP contribution in [0.5, 0.6) is 5.75 Å². The Morgan fingerprint density at radius 2 is 1.97 bits per heavy atom. The highest BCUT2D eigenvalue weighted by molar-refractivity contribution is 6.30. The summed E-state index contributed by atoms with van der Waals surface area (Å²) in [5.74, 6) is -1.66. The first-order valence-electron chi connectivity index (χ1n) is 10.9. The molecule has 1 aromatic heterocycles. The van der Waals surface area contributed by atoms with Gasteiger partial charge in [0.25, 0.3) is 0 Å². The SMILES string of the molecule is CC(=O)c1cn(CC(=O)N2C[C@H](F)C[C@H]2C(=O)CCc2cccc(Cl)c2F)c2cc(O)ccc12. The fourth-order valence-electron chi connectivity index (χ4n) is 4.46. The van der Waals surface area contributed by atoms with Crippen molar-refractivity contribution >= 4 is 40.0 Å². The predicted octanol–water partition coefficient (Wildman–Crippen LogP) is 4.48. The minimum Gasteiger partial charge on any atom is -0.508 e. The van der Waals surface area contributed by atoms with E-state index in [0.29, 0.717) is 16.5 Å². The van der Waals surface area contributed by atoms with Crippen LogP contribution in [-0.4, -0.2) is 50.8 Å². The molecule has 9 heteroatoms. The molecule has 2 atom stereocenters. The molecule has 1 fully saturated rings. The lowest BCUT2D eigenvalue weighted by atomic mass is 10.0. The molecule has 0 bridgehead atoms. The molecule has 2 heterocycles. The monoisotopic (exact) mass is 488 g/mol. The summed E-state index contributed by atoms with van der Waals surface area (Å²) in [6, 6.07) is 8.07. The highest BCUT2D eigenvalue weighted by Gasteiger charge is 2.39. The van der Waals surface area contributed by atoms with Crippen molar-refractivity contribution in [3.8, 4) is 5.75 Å². The number of likely N-dealkylation sites (tertiary alicyclic amines) is 1. The number of aromatic nitrogens is 1. The number of aromatic hydroxyl groups is 1. The summed E-state index contributed by atoms with van der Waals surface area (Å²) in [6.07, 6.45) is 0.0805. The van der Waals surface area contributed by atoms with Crippen molar-refractivity contribution in [3.05, 3.63) is 64.6 Å². The number of hydrogen-bond donors (Lipinski definition) is 1. The molecule has 1 N–H and O–H groups in total. The van der Waals surface area contributed by atoms with Crippen LogP contribution in [0.2, 0.25) is 5.02 Å². The van der Waals surface area contributed by atoms with Crippen molar-refractivity contribution in [3.63, 3.8) is 0 Å². The van der Waals surface area contributed by atoms with E-state index < -0.39 is 23.9 Å². The van der Waals surface area contributed by atoms with Crippen molar-refractivity contribution in [2.45, 2.75) is 44.9 Å². The molecule has 1 aliphatic heterocycles. The molecule has 4 rings (SSSR count). The Bertz CT molecular complexity index is 1290. The lowest BCUT2D eigenvalue weighted by Crippen LogP contribution is -2.42. The quantitative estimate of drug-likeness (QED) is 0.497. The van der Waals surface area contributed by atoms with Gasteiger partial charge in [0.05, 0.1) is 23.1 Å². The minimum absolute atomic E-state index is 0.0271. The van der Waals surface area contributed by atoms with Gasteiger partial charge in [0.2, 0.25) is 5.91 Å². The third-order valence-corrected chi connectivity index (χ3v) is 6.46. The number of amides is 1. The molecule has 34 heavy (non-hydrogen) atoms. The molecule has 6 nitrogen and oxygen atoms in total. The first-order valence-corrected chi connectivity index (χ1v) is 11.3. The summed E-state index contributed by atoms with van der Waals surface area (Å²) in [5.41, 5.74) is 1.15. The number of nitrogens with zero attached hydrogens (tertiary/aromatic N) is 2. The summed E-state index contributed by atoms with van der Waals surface area (Å²) >= 11 is 5.79. The van der Waals surface area contributed by atoms with Crippen LogP contribution in [-0.2, 0) is 22.6 Å². The van der Waals surface area contributed by atoms with Gasteiger partial charge in [-0.3, -0.25) is 14.4 Å². The maximum atomic E-state index is 14.3. The van der Waals surface area contributed by atoms with Crippen LogP contribution in [0.25, 0.3) is 10.9 Å². The van der Waals surface area contributed by atoms with Crippen LogP contribution in [0.3, 0.4) is 0 Å². The topological polar surface area (TPSA) is 79.6 Å². The van der Waals surface area contributed by atoms with E-state index in [2.05, 4.69) is 0 Å². The van der Waals surface area contributed by atoms with Crippen molar-refractivity contribution in [1.29, 1.82) is 0 Å². The number of hydrogen-bond acceptors (Lipinski definition) is 4. The van der Waals surface area contributed by atoms with E-state index in [1.54, 1.807) is 12.1 Å². The average Bonchev–Trinajstić information content (AvgIpc) is 3.35. The summed E-state index contributed by atoms with van der Waals surface area (Å²) in [5, 5.41) is 10.4. The van der Waals surface area contributed by atoms with Crippen molar-refractivity contribution in [2.24, 2.45) is 0 Å². The Hall–Kier alpha value is -3.26. The van der Waals surface area contributed by atoms with E-state index in [1.807, 2.05) is 0 Å². The highest BCUT2D eigenvalue weighted by Crippen LogP contribution is 2.28. The second-order valence-corrected chi connectivity index (χ2v) is 8.91. The molecule has 0 spiro atoms. The minimum atomic E-state index is -1.35. The Morgan fingerprint density at radius 3 is 2.71 bits per heavy atom. The summed E-state index contributed by atoms with van der Waals surface area (Å²) in [6.45, 7) is 0.955. The predicted molar refractivity (Wildman–Crippen MR) is 123 cm³/mol. The zero-order valence-electron chi connectivity index (χ0n) is 18.4. The van der Waals surface area contributed by atoms with E-state index in [0.717, 1.165) is 0 Å². The van der Waals surface area contributed by atoms with Gasteiger partial charge in [0.15, 0.2) is 11.6 Å². The van der Waals surface area contributed by atoms with E-state index in [4.69, 9.17) is 11.6 Å². The number of carbonyl (C=O) groups excluding carboxylic acids is 3. The maximum absolute atomic E-state index is 14.3. The molecule has 0 saturated carbocycles. The molecule has 178 valence electrons. The van der Waals surface area contributed by atoms with Gasteiger partial charge in [0, 0.05) is 36.1 Å². The Morgan fingerprint density at radius 1 is 1.21 bits per heavy atom. The number of phenolic OH excluding ortho intramolecular Hbond substituents is 1. The summed E-state index contributed by atoms with van der Waals surface area (Å²) in [7, 11) is 0. The Kier molecular flexibility index (Phi) is 6.70. The maximum Gasteiger partial charge on any atom is 0.243 e. The van der Waals surface area contributed by atoms with Gasteiger partial charge in [-0.2, -0.15) is 0 Å². The van der Waals surface area contributed by atoms with E-state index in [9.17, 15) is 28.3 Å². The number of Topliss-reactive ketones (excluding diaryl/α,β-unsaturated/α-hetero) is 2. The number of rotatable bonds is 7. The number of alkyl halides is 1. The number of carbonyl (C=O) groups is 3. The van der Waals surface area contributed by atoms with Crippen LogP contribution in [0.15, 0.2) is 42.6 Å². The molecule has 1 amide bonds. The summed E-state index contributed by atoms with van der Waals surface area (Å²) < 4.78 is 29.9. The van der Waals surface area contributed by atoms with Crippen LogP contribution >= 0.6 is 11.6 Å². The van der Waals surface area contributed by atoms with Crippen LogP contribution in [0.1, 0.15) is 35.7 Å². The van der Waals surface area contributed by atoms with Crippen LogP contribution in [0.4, 0.5) is 8.78 Å². The normalized spacial score (nSPS) is 17.9. The summed E-state index contributed by atoms with van der Waals surface area (Å²) in [4.78, 5) is 39.2. The van der Waals surface area contributed by atoms with Crippen LogP contribution < -0.4 is 0 Å². The molecular weight excluding hydrogens is 466 g/mol. The zero-order chi connectivity index (χ0) is 24.6. The number of aryl methyl sites for hydroxylation is 1. The molecule has 2 aromatic carbocycles. The lowest BCUT2D eigenvalue weighted by Gasteiger charge is -2.24. The number of benzene rings is 2. The van der Waals surface area contributed by atoms with Gasteiger partial charge in [-0.15, -0.1) is 0 Å². The van der Waals surface area contributed by atoms with E-state index in [1.165, 1.54) is 46.9 Å². The lowest BCUT2D eigenvalue weighted by molar-refractivity contribution is -0.138. The first-order chi connectivity index (χ1) is 16.2. The third kappa shape index (κ3) is 4.68. The van der Waals surface area contributed by atoms with E-state index in [-0.39, 0.29) is 60.3 Å². The van der Waals surface area contributed by atoms with Gasteiger partial charge >= 0.3 is 0 Å². The van der Waals surface area contributed by atoms with E-state index >= 15 is 0 Å². The molecule has 3 aromatic rings. The first kappa shape index (κ1) is 23.9. The smallest absolute Gasteiger partial charge is 0.243 e. The molecule has 0 unspecified atom stereocenters. The Labute approximate surface area is 199 Å². The zero-order valence-corrected chi connectivity index (χ0v) is 19.2. The van der Waals surface area contributed by atoms with Gasteiger partial charge in [-0.05, 0) is 37.1 Å². The van der Waals surface area contributed by atoms with Gasteiger partial charge in [0.1, 0.15) is 24.3 Å². The molecule has 1 aliphatic rings. The fourth-order valence-corrected chi connectivity index (χ4v) is 4.65. The highest BCUT2D eigenvalue weighted by atomic mass is 35.5. The number of fused-ring (bicyclic) bond motifs is 1. The molecule has 0 radical (unpaired) electrons. The van der Waals surface area contributed by atoms with Crippen molar-refractivity contribution < 1.29 is 28.3 Å². The fraction of sp³-hybridized carbons (Fsp3) is 0.320. The molecular formula is C25H23ClF2N2O4. The van der Waals surface area contributed by atoms with Gasteiger partial charge < -0.3 is 14.6 Å². The molecule has 0 aliphatic carbocycles. The van der Waals surface area contributed by atoms with Gasteiger partial charge in [-0.25, -0.2) is 8.78 Å². The second-order valence-electron chi connectivity index (χ2n) is 8.50.